The summed E-state index contributed by atoms with van der Waals surface area (Å²) in [6.07, 6.45) is 1.83. The summed E-state index contributed by atoms with van der Waals surface area (Å²) in [6, 6.07) is 13.4. The number of carbonyl (C=O) groups excluding carboxylic acids is 2. The molecule has 0 radical (unpaired) electrons. The van der Waals surface area contributed by atoms with Crippen LogP contribution in [0.2, 0.25) is 10.0 Å². The van der Waals surface area contributed by atoms with Gasteiger partial charge >= 0.3 is 0 Å². The van der Waals surface area contributed by atoms with Crippen molar-refractivity contribution in [2.45, 2.75) is 38.8 Å². The van der Waals surface area contributed by atoms with E-state index in [1.807, 2.05) is 37.3 Å². The van der Waals surface area contributed by atoms with Gasteiger partial charge in [-0.2, -0.15) is 0 Å². The van der Waals surface area contributed by atoms with Crippen LogP contribution in [0.4, 0.5) is 5.69 Å². The van der Waals surface area contributed by atoms with Crippen molar-refractivity contribution in [1.29, 1.82) is 0 Å². The van der Waals surface area contributed by atoms with Crippen molar-refractivity contribution in [3.8, 4) is 0 Å². The molecule has 2 rings (SSSR count). The number of anilines is 1. The summed E-state index contributed by atoms with van der Waals surface area (Å²) in [6.45, 7) is 2.17. The van der Waals surface area contributed by atoms with E-state index < -0.39 is 16.1 Å². The van der Waals surface area contributed by atoms with Crippen LogP contribution in [0.5, 0.6) is 0 Å². The quantitative estimate of drug-likeness (QED) is 0.490. The molecule has 2 aromatic carbocycles. The Morgan fingerprint density at radius 3 is 2.33 bits per heavy atom. The predicted octanol–water partition coefficient (Wildman–Crippen LogP) is 4.09. The molecule has 180 valence electrons. The molecule has 10 heteroatoms. The minimum atomic E-state index is -3.66. The molecule has 0 unspecified atom stereocenters. The first kappa shape index (κ1) is 27.0. The van der Waals surface area contributed by atoms with E-state index in [0.29, 0.717) is 11.4 Å². The lowest BCUT2D eigenvalue weighted by molar-refractivity contribution is -0.141. The normalized spacial score (nSPS) is 12.2. The number of nitrogens with one attached hydrogen (secondary N) is 1. The summed E-state index contributed by atoms with van der Waals surface area (Å²) in [5.74, 6) is -0.481. The fourth-order valence-electron chi connectivity index (χ4n) is 3.53. The number of sulfonamides is 1. The summed E-state index contributed by atoms with van der Waals surface area (Å²) in [4.78, 5) is 27.2. The van der Waals surface area contributed by atoms with Crippen LogP contribution in [0.1, 0.15) is 31.7 Å². The molecule has 0 fully saturated rings. The van der Waals surface area contributed by atoms with Crippen molar-refractivity contribution < 1.29 is 18.0 Å². The maximum atomic E-state index is 13.2. The Kier molecular flexibility index (Phi) is 10.0. The first-order valence-corrected chi connectivity index (χ1v) is 13.2. The molecule has 0 aliphatic carbocycles. The lowest BCUT2D eigenvalue weighted by Gasteiger charge is -2.31. The maximum Gasteiger partial charge on any atom is 0.242 e. The number of rotatable bonds is 11. The van der Waals surface area contributed by atoms with E-state index in [4.69, 9.17) is 23.2 Å². The van der Waals surface area contributed by atoms with Gasteiger partial charge < -0.3 is 10.2 Å². The van der Waals surface area contributed by atoms with Crippen LogP contribution in [0.3, 0.4) is 0 Å². The van der Waals surface area contributed by atoms with Gasteiger partial charge in [0, 0.05) is 31.6 Å². The SMILES string of the molecule is CC[C@H](C(=O)NC)N(Cc1ccccc1)C(=O)CCCN(c1cc(Cl)ccc1Cl)S(C)(=O)=O. The third-order valence-electron chi connectivity index (χ3n) is 5.16. The van der Waals surface area contributed by atoms with Crippen molar-refractivity contribution in [2.24, 2.45) is 0 Å². The average molecular weight is 514 g/mol. The molecular formula is C23H29Cl2N3O4S. The van der Waals surface area contributed by atoms with Gasteiger partial charge in [0.25, 0.3) is 0 Å². The monoisotopic (exact) mass is 513 g/mol. The Balaban J connectivity index is 2.20. The Hall–Kier alpha value is -2.29. The molecule has 0 heterocycles. The maximum absolute atomic E-state index is 13.2. The van der Waals surface area contributed by atoms with E-state index >= 15 is 0 Å². The number of hydrogen-bond donors (Lipinski definition) is 1. The van der Waals surface area contributed by atoms with Crippen LogP contribution in [0.25, 0.3) is 0 Å². The zero-order chi connectivity index (χ0) is 24.6. The van der Waals surface area contributed by atoms with Gasteiger partial charge in [-0.3, -0.25) is 13.9 Å². The van der Waals surface area contributed by atoms with Crippen LogP contribution in [-0.2, 0) is 26.2 Å². The van der Waals surface area contributed by atoms with Crippen molar-refractivity contribution in [2.75, 3.05) is 24.2 Å². The van der Waals surface area contributed by atoms with E-state index in [1.54, 1.807) is 11.0 Å². The van der Waals surface area contributed by atoms with Crippen molar-refractivity contribution in [1.82, 2.24) is 10.2 Å². The number of likely N-dealkylation sites (N-methyl/N-ethyl adjacent to an activating group) is 1. The summed E-state index contributed by atoms with van der Waals surface area (Å²) >= 11 is 12.2. The molecule has 1 atom stereocenters. The summed E-state index contributed by atoms with van der Waals surface area (Å²) in [5.41, 5.74) is 1.16. The van der Waals surface area contributed by atoms with Gasteiger partial charge in [0.2, 0.25) is 21.8 Å². The van der Waals surface area contributed by atoms with Gasteiger partial charge in [0.05, 0.1) is 17.0 Å². The van der Waals surface area contributed by atoms with Gasteiger partial charge in [-0.25, -0.2) is 8.42 Å². The molecule has 2 aromatic rings. The van der Waals surface area contributed by atoms with E-state index in [9.17, 15) is 18.0 Å². The molecule has 0 aliphatic rings. The van der Waals surface area contributed by atoms with Crippen LogP contribution < -0.4 is 9.62 Å². The molecule has 7 nitrogen and oxygen atoms in total. The lowest BCUT2D eigenvalue weighted by Crippen LogP contribution is -2.48. The largest absolute Gasteiger partial charge is 0.357 e. The number of hydrogen-bond acceptors (Lipinski definition) is 4. The standard InChI is InChI=1S/C23H29Cl2N3O4S/c1-4-20(23(30)26-2)27(16-17-9-6-5-7-10-17)22(29)11-8-14-28(33(3,31)32)21-15-18(24)12-13-19(21)25/h5-7,9-10,12-13,15,20H,4,8,11,14,16H2,1-3H3,(H,26,30)/t20-/m1/s1. The number of carbonyl (C=O) groups is 2. The first-order valence-electron chi connectivity index (χ1n) is 10.6. The van der Waals surface area contributed by atoms with Gasteiger partial charge in [-0.1, -0.05) is 60.5 Å². The van der Waals surface area contributed by atoms with E-state index in [2.05, 4.69) is 5.32 Å². The molecule has 0 spiro atoms. The predicted molar refractivity (Wildman–Crippen MR) is 133 cm³/mol. The molecule has 0 bridgehead atoms. The highest BCUT2D eigenvalue weighted by molar-refractivity contribution is 7.92. The Morgan fingerprint density at radius 1 is 1.09 bits per heavy atom. The second-order valence-corrected chi connectivity index (χ2v) is 10.3. The molecule has 2 amide bonds. The fraction of sp³-hybridized carbons (Fsp3) is 0.391. The topological polar surface area (TPSA) is 86.8 Å². The van der Waals surface area contributed by atoms with Crippen LogP contribution in [0.15, 0.2) is 48.5 Å². The van der Waals surface area contributed by atoms with Crippen molar-refractivity contribution in [3.05, 3.63) is 64.1 Å². The molecule has 0 saturated carbocycles. The summed E-state index contributed by atoms with van der Waals surface area (Å²) in [5, 5.41) is 3.21. The molecular weight excluding hydrogens is 485 g/mol. The number of benzene rings is 2. The fourth-order valence-corrected chi connectivity index (χ4v) is 4.93. The van der Waals surface area contributed by atoms with Gasteiger partial charge in [-0.05, 0) is 36.6 Å². The lowest BCUT2D eigenvalue weighted by atomic mass is 10.1. The zero-order valence-corrected chi connectivity index (χ0v) is 21.3. The van der Waals surface area contributed by atoms with Crippen LogP contribution >= 0.6 is 23.2 Å². The zero-order valence-electron chi connectivity index (χ0n) is 18.9. The Morgan fingerprint density at radius 2 is 1.76 bits per heavy atom. The third kappa shape index (κ3) is 7.62. The number of nitrogens with zero attached hydrogens (tertiary/aromatic N) is 2. The number of halogens is 2. The molecule has 1 N–H and O–H groups in total. The minimum absolute atomic E-state index is 0.0422. The van der Waals surface area contributed by atoms with Crippen LogP contribution in [-0.4, -0.2) is 51.0 Å². The van der Waals surface area contributed by atoms with Gasteiger partial charge in [0.15, 0.2) is 0 Å². The van der Waals surface area contributed by atoms with E-state index in [-0.39, 0.29) is 48.5 Å². The third-order valence-corrected chi connectivity index (χ3v) is 6.89. The minimum Gasteiger partial charge on any atom is -0.357 e. The second-order valence-electron chi connectivity index (χ2n) is 7.58. The molecule has 0 saturated heterocycles. The highest BCUT2D eigenvalue weighted by Crippen LogP contribution is 2.31. The Labute approximate surface area is 205 Å². The smallest absolute Gasteiger partial charge is 0.242 e. The van der Waals surface area contributed by atoms with Crippen molar-refractivity contribution >= 4 is 50.7 Å². The van der Waals surface area contributed by atoms with Crippen LogP contribution in [0, 0.1) is 0 Å². The second kappa shape index (κ2) is 12.3. The molecule has 33 heavy (non-hydrogen) atoms. The molecule has 0 aliphatic heterocycles. The van der Waals surface area contributed by atoms with Crippen molar-refractivity contribution in [3.63, 3.8) is 0 Å². The van der Waals surface area contributed by atoms with E-state index in [0.717, 1.165) is 16.1 Å². The highest BCUT2D eigenvalue weighted by Gasteiger charge is 2.28. The average Bonchev–Trinajstić information content (AvgIpc) is 2.78. The first-order chi connectivity index (χ1) is 15.6. The summed E-state index contributed by atoms with van der Waals surface area (Å²) < 4.78 is 26.0. The van der Waals surface area contributed by atoms with E-state index in [1.165, 1.54) is 19.2 Å². The summed E-state index contributed by atoms with van der Waals surface area (Å²) in [7, 11) is -2.12. The van der Waals surface area contributed by atoms with Gasteiger partial charge in [-0.15, -0.1) is 0 Å². The Bertz CT molecular complexity index is 1060. The molecule has 0 aromatic heterocycles. The highest BCUT2D eigenvalue weighted by atomic mass is 35.5. The number of amides is 2. The van der Waals surface area contributed by atoms with Gasteiger partial charge in [0.1, 0.15) is 6.04 Å².